The lowest BCUT2D eigenvalue weighted by molar-refractivity contribution is 0.131. The average molecular weight is 374 g/mol. The van der Waals surface area contributed by atoms with Crippen molar-refractivity contribution in [3.8, 4) is 5.75 Å². The van der Waals surface area contributed by atoms with Crippen LogP contribution in [0, 0.1) is 0 Å². The summed E-state index contributed by atoms with van der Waals surface area (Å²) in [5.41, 5.74) is 2.51. The largest absolute Gasteiger partial charge is 0.494 e. The smallest absolute Gasteiger partial charge is 0.119 e. The predicted molar refractivity (Wildman–Crippen MR) is 116 cm³/mol. The van der Waals surface area contributed by atoms with Gasteiger partial charge in [0.25, 0.3) is 0 Å². The predicted octanol–water partition coefficient (Wildman–Crippen LogP) is 4.39. The van der Waals surface area contributed by atoms with Gasteiger partial charge in [0.05, 0.1) is 12.8 Å². The summed E-state index contributed by atoms with van der Waals surface area (Å²) in [6.07, 6.45) is 1.94. The first-order chi connectivity index (χ1) is 13.8. The Hall–Kier alpha value is -2.85. The molecule has 0 aromatic heterocycles. The molecular weight excluding hydrogens is 346 g/mol. The van der Waals surface area contributed by atoms with Crippen molar-refractivity contribution >= 4 is 17.0 Å². The van der Waals surface area contributed by atoms with Gasteiger partial charge in [-0.2, -0.15) is 5.10 Å². The zero-order valence-electron chi connectivity index (χ0n) is 16.4. The van der Waals surface area contributed by atoms with Crippen molar-refractivity contribution in [2.45, 2.75) is 13.5 Å². The lowest BCUT2D eigenvalue weighted by Crippen LogP contribution is -2.43. The van der Waals surface area contributed by atoms with Gasteiger partial charge in [-0.05, 0) is 53.1 Å². The molecule has 0 N–H and O–H groups in total. The third-order valence-corrected chi connectivity index (χ3v) is 5.18. The number of rotatable bonds is 6. The number of benzene rings is 3. The summed E-state index contributed by atoms with van der Waals surface area (Å²) < 4.78 is 5.48. The van der Waals surface area contributed by atoms with E-state index in [9.17, 15) is 0 Å². The highest BCUT2D eigenvalue weighted by Gasteiger charge is 2.16. The number of nitrogens with zero attached hydrogens (tertiary/aromatic N) is 3. The normalized spacial score (nSPS) is 15.4. The third kappa shape index (κ3) is 4.52. The first-order valence-electron chi connectivity index (χ1n) is 10.0. The average Bonchev–Trinajstić information content (AvgIpc) is 2.75. The van der Waals surface area contributed by atoms with Crippen LogP contribution in [0.5, 0.6) is 5.75 Å². The minimum absolute atomic E-state index is 0.691. The fourth-order valence-electron chi connectivity index (χ4n) is 3.65. The van der Waals surface area contributed by atoms with E-state index in [2.05, 4.69) is 57.5 Å². The summed E-state index contributed by atoms with van der Waals surface area (Å²) in [5.74, 6) is 0.904. The lowest BCUT2D eigenvalue weighted by atomic mass is 10.0. The Bertz CT molecular complexity index is 923. The van der Waals surface area contributed by atoms with Crippen LogP contribution < -0.4 is 4.74 Å². The Kier molecular flexibility index (Phi) is 5.88. The molecule has 0 saturated carbocycles. The molecule has 1 aliphatic rings. The SMILES string of the molecule is CCOc1ccc(/C=N/N2CCN(Cc3cccc4ccccc34)CC2)cc1. The van der Waals surface area contributed by atoms with E-state index in [0.717, 1.165) is 44.0 Å². The van der Waals surface area contributed by atoms with E-state index >= 15 is 0 Å². The Morgan fingerprint density at radius 1 is 0.893 bits per heavy atom. The molecule has 1 aliphatic heterocycles. The summed E-state index contributed by atoms with van der Waals surface area (Å²) in [4.78, 5) is 2.52. The van der Waals surface area contributed by atoms with E-state index < -0.39 is 0 Å². The van der Waals surface area contributed by atoms with E-state index in [1.54, 1.807) is 0 Å². The molecule has 3 aromatic carbocycles. The summed E-state index contributed by atoms with van der Waals surface area (Å²) >= 11 is 0. The number of hydrogen-bond donors (Lipinski definition) is 0. The Morgan fingerprint density at radius 3 is 2.43 bits per heavy atom. The number of hydrogen-bond acceptors (Lipinski definition) is 4. The van der Waals surface area contributed by atoms with E-state index in [1.165, 1.54) is 16.3 Å². The lowest BCUT2D eigenvalue weighted by Gasteiger charge is -2.33. The molecule has 0 spiro atoms. The minimum Gasteiger partial charge on any atom is -0.494 e. The van der Waals surface area contributed by atoms with E-state index in [1.807, 2.05) is 37.4 Å². The molecule has 4 nitrogen and oxygen atoms in total. The van der Waals surface area contributed by atoms with Crippen molar-refractivity contribution in [1.82, 2.24) is 9.91 Å². The summed E-state index contributed by atoms with van der Waals surface area (Å²) in [7, 11) is 0. The van der Waals surface area contributed by atoms with Gasteiger partial charge in [-0.25, -0.2) is 0 Å². The maximum absolute atomic E-state index is 5.48. The molecule has 28 heavy (non-hydrogen) atoms. The van der Waals surface area contributed by atoms with Gasteiger partial charge >= 0.3 is 0 Å². The van der Waals surface area contributed by atoms with E-state index in [0.29, 0.717) is 6.61 Å². The molecular formula is C24H27N3O. The van der Waals surface area contributed by atoms with Crippen LogP contribution in [0.3, 0.4) is 0 Å². The first-order valence-corrected chi connectivity index (χ1v) is 10.0. The van der Waals surface area contributed by atoms with E-state index in [-0.39, 0.29) is 0 Å². The van der Waals surface area contributed by atoms with Crippen molar-refractivity contribution < 1.29 is 4.74 Å². The Balaban J connectivity index is 1.32. The molecule has 0 amide bonds. The Labute approximate surface area is 167 Å². The maximum Gasteiger partial charge on any atom is 0.119 e. The zero-order chi connectivity index (χ0) is 19.2. The van der Waals surface area contributed by atoms with Crippen molar-refractivity contribution in [1.29, 1.82) is 0 Å². The number of piperazine rings is 1. The van der Waals surface area contributed by atoms with Crippen LogP contribution >= 0.6 is 0 Å². The van der Waals surface area contributed by atoms with Gasteiger partial charge in [0.15, 0.2) is 0 Å². The van der Waals surface area contributed by atoms with Crippen molar-refractivity contribution in [3.63, 3.8) is 0 Å². The molecule has 0 unspecified atom stereocenters. The first kappa shape index (κ1) is 18.5. The van der Waals surface area contributed by atoms with Crippen molar-refractivity contribution in [2.24, 2.45) is 5.10 Å². The van der Waals surface area contributed by atoms with Crippen LogP contribution in [0.2, 0.25) is 0 Å². The summed E-state index contributed by atoms with van der Waals surface area (Å²) in [5, 5.41) is 9.50. The molecule has 1 saturated heterocycles. The van der Waals surface area contributed by atoms with Gasteiger partial charge in [0.2, 0.25) is 0 Å². The second kappa shape index (κ2) is 8.89. The molecule has 1 fully saturated rings. The number of fused-ring (bicyclic) bond motifs is 1. The van der Waals surface area contributed by atoms with Crippen LogP contribution in [0.4, 0.5) is 0 Å². The van der Waals surface area contributed by atoms with Crippen LogP contribution in [0.15, 0.2) is 71.8 Å². The highest BCUT2D eigenvalue weighted by atomic mass is 16.5. The molecule has 0 atom stereocenters. The zero-order valence-corrected chi connectivity index (χ0v) is 16.4. The Morgan fingerprint density at radius 2 is 1.64 bits per heavy atom. The topological polar surface area (TPSA) is 28.1 Å². The fraction of sp³-hybridized carbons (Fsp3) is 0.292. The molecule has 0 aliphatic carbocycles. The third-order valence-electron chi connectivity index (χ3n) is 5.18. The van der Waals surface area contributed by atoms with Crippen molar-refractivity contribution in [2.75, 3.05) is 32.8 Å². The molecule has 1 heterocycles. The molecule has 0 radical (unpaired) electrons. The minimum atomic E-state index is 0.691. The van der Waals surface area contributed by atoms with Gasteiger partial charge in [-0.15, -0.1) is 0 Å². The van der Waals surface area contributed by atoms with Crippen LogP contribution in [-0.2, 0) is 6.54 Å². The maximum atomic E-state index is 5.48. The van der Waals surface area contributed by atoms with Crippen LogP contribution in [0.25, 0.3) is 10.8 Å². The van der Waals surface area contributed by atoms with Crippen LogP contribution in [0.1, 0.15) is 18.1 Å². The number of ether oxygens (including phenoxy) is 1. The molecule has 4 rings (SSSR count). The molecule has 4 heteroatoms. The van der Waals surface area contributed by atoms with E-state index in [4.69, 9.17) is 4.74 Å². The van der Waals surface area contributed by atoms with Gasteiger partial charge in [0.1, 0.15) is 5.75 Å². The van der Waals surface area contributed by atoms with Gasteiger partial charge < -0.3 is 4.74 Å². The molecule has 3 aromatic rings. The van der Waals surface area contributed by atoms with Gasteiger partial charge in [0, 0.05) is 32.7 Å². The summed E-state index contributed by atoms with van der Waals surface area (Å²) in [6, 6.07) is 23.3. The second-order valence-electron chi connectivity index (χ2n) is 7.11. The monoisotopic (exact) mass is 373 g/mol. The highest BCUT2D eigenvalue weighted by molar-refractivity contribution is 5.85. The molecule has 144 valence electrons. The van der Waals surface area contributed by atoms with Crippen molar-refractivity contribution in [3.05, 3.63) is 77.9 Å². The van der Waals surface area contributed by atoms with Gasteiger partial charge in [-0.3, -0.25) is 9.91 Å². The standard InChI is InChI=1S/C24H27N3O/c1-2-28-23-12-10-20(11-13-23)18-25-27-16-14-26(15-17-27)19-22-8-5-7-21-6-3-4-9-24(21)22/h3-13,18H,2,14-17,19H2,1H3/b25-18+. The summed E-state index contributed by atoms with van der Waals surface area (Å²) in [6.45, 7) is 7.66. The molecule has 0 bridgehead atoms. The quantitative estimate of drug-likeness (QED) is 0.600. The van der Waals surface area contributed by atoms with Gasteiger partial charge in [-0.1, -0.05) is 42.5 Å². The van der Waals surface area contributed by atoms with Crippen LogP contribution in [-0.4, -0.2) is 48.9 Å². The highest BCUT2D eigenvalue weighted by Crippen LogP contribution is 2.20. The second-order valence-corrected chi connectivity index (χ2v) is 7.11. The number of hydrazone groups is 1. The fourth-order valence-corrected chi connectivity index (χ4v) is 3.65.